The quantitative estimate of drug-likeness (QED) is 0.0397. The number of amides is 8. The first-order valence-electron chi connectivity index (χ1n) is 28.3. The first-order valence-corrected chi connectivity index (χ1v) is 28.3. The lowest BCUT2D eigenvalue weighted by Crippen LogP contribution is -2.64. The molecule has 3 fully saturated rings. The third kappa shape index (κ3) is 20.6. The van der Waals surface area contributed by atoms with Crippen molar-refractivity contribution in [3.63, 3.8) is 0 Å². The van der Waals surface area contributed by atoms with Crippen molar-refractivity contribution in [2.75, 3.05) is 39.4 Å². The molecule has 0 spiro atoms. The number of ether oxygens (including phenoxy) is 1. The highest BCUT2D eigenvalue weighted by molar-refractivity contribution is 5.98. The number of carbonyl (C=O) groups is 8. The number of aliphatic hydroxyl groups is 8. The smallest absolute Gasteiger partial charge is 0.248 e. The maximum absolute atomic E-state index is 14.6. The van der Waals surface area contributed by atoms with E-state index in [0.29, 0.717) is 24.7 Å². The van der Waals surface area contributed by atoms with Gasteiger partial charge in [-0.3, -0.25) is 38.4 Å². The maximum Gasteiger partial charge on any atom is 0.248 e. The monoisotopic (exact) mass is 1150 g/mol. The fraction of sp³-hybridized carbons (Fsp3) is 0.741. The highest BCUT2D eigenvalue weighted by atomic mass is 16.5. The lowest BCUT2D eigenvalue weighted by Gasteiger charge is -2.34. The van der Waals surface area contributed by atoms with Crippen molar-refractivity contribution in [3.8, 4) is 5.75 Å². The molecule has 0 bridgehead atoms. The zero-order valence-electron chi connectivity index (χ0n) is 46.9. The molecule has 3 heterocycles. The lowest BCUT2D eigenvalue weighted by atomic mass is 9.91. The molecule has 0 aromatic heterocycles. The number of benzene rings is 1. The van der Waals surface area contributed by atoms with Gasteiger partial charge in [-0.05, 0) is 55.7 Å². The Morgan fingerprint density at radius 2 is 1.38 bits per heavy atom. The van der Waals surface area contributed by atoms with Crippen LogP contribution in [-0.4, -0.2) is 222 Å². The van der Waals surface area contributed by atoms with Crippen LogP contribution in [0.25, 0.3) is 0 Å². The predicted molar refractivity (Wildman–Crippen MR) is 289 cm³/mol. The molecule has 16 unspecified atom stereocenters. The van der Waals surface area contributed by atoms with Gasteiger partial charge in [0.25, 0.3) is 0 Å². The van der Waals surface area contributed by atoms with Crippen LogP contribution in [0.15, 0.2) is 24.3 Å². The van der Waals surface area contributed by atoms with Crippen molar-refractivity contribution in [2.45, 2.75) is 203 Å². The molecular weight excluding hydrogens is 1060 g/mol. The number of carbonyl (C=O) groups excluding carboxylic acids is 8. The molecule has 27 nitrogen and oxygen atoms in total. The van der Waals surface area contributed by atoms with E-state index >= 15 is 0 Å². The zero-order chi connectivity index (χ0) is 60.1. The molecule has 3 aliphatic rings. The molecule has 1 aromatic rings. The molecule has 0 radical (unpaired) electrons. The maximum atomic E-state index is 14.6. The fourth-order valence-corrected chi connectivity index (χ4v) is 10.4. The van der Waals surface area contributed by atoms with Crippen LogP contribution in [0, 0.1) is 11.8 Å². The van der Waals surface area contributed by atoms with Gasteiger partial charge in [-0.15, -0.1) is 0 Å². The number of primary amides is 1. The second kappa shape index (κ2) is 33.5. The van der Waals surface area contributed by atoms with Gasteiger partial charge in [0.2, 0.25) is 47.3 Å². The summed E-state index contributed by atoms with van der Waals surface area (Å²) in [6, 6.07) is -7.30. The molecule has 3 saturated heterocycles. The number of hydrogen-bond acceptors (Lipinski definition) is 19. The van der Waals surface area contributed by atoms with E-state index in [1.54, 1.807) is 0 Å². The number of nitrogens with one attached hydrogen (secondary N) is 6. The van der Waals surface area contributed by atoms with Gasteiger partial charge in [0.1, 0.15) is 60.3 Å². The number of unbranched alkanes of at least 4 members (excludes halogenated alkanes) is 5. The number of fused-ring (bicyclic) bond motifs is 2. The minimum Gasteiger partial charge on any atom is -0.508 e. The molecule has 4 rings (SSSR count). The van der Waals surface area contributed by atoms with Crippen LogP contribution in [0.2, 0.25) is 0 Å². The molecule has 81 heavy (non-hydrogen) atoms. The average molecular weight is 1150 g/mol. The first-order chi connectivity index (χ1) is 38.4. The second-order valence-corrected chi connectivity index (χ2v) is 21.9. The minimum atomic E-state index is -2.37. The van der Waals surface area contributed by atoms with E-state index in [2.05, 4.69) is 52.7 Å². The molecule has 27 heteroatoms. The number of nitrogens with zero attached hydrogens (tertiary/aromatic N) is 2. The number of hydrogen-bond donors (Lipinski definition) is 16. The molecule has 458 valence electrons. The summed E-state index contributed by atoms with van der Waals surface area (Å²) >= 11 is 0. The van der Waals surface area contributed by atoms with Gasteiger partial charge in [-0.25, -0.2) is 0 Å². The summed E-state index contributed by atoms with van der Waals surface area (Å²) in [5.41, 5.74) is 5.27. The van der Waals surface area contributed by atoms with E-state index in [1.165, 1.54) is 18.6 Å². The van der Waals surface area contributed by atoms with Crippen LogP contribution in [0.1, 0.15) is 129 Å². The summed E-state index contributed by atoms with van der Waals surface area (Å²) in [7, 11) is 0. The van der Waals surface area contributed by atoms with Crippen LogP contribution >= 0.6 is 0 Å². The lowest BCUT2D eigenvalue weighted by molar-refractivity contribution is -0.150. The number of phenolic OH excluding ortho intramolecular Hbond substituents is 1. The van der Waals surface area contributed by atoms with E-state index in [-0.39, 0.29) is 50.5 Å². The molecule has 0 saturated carbocycles. The SMILES string of the molecule is CCC(C)CC(C)CCCCCCCCC(=O)NC1CC(O)C(OCCNCCO)NC(=O)C2C(O)CCN2C(=O)C(C(O)CC(N)=O)NC(=O)C(C(O)C(O)c2ccc(O)cc2)NC(=O)C2CC(O)CN2C(=O)C(C(C)O)NC1=O. The molecular formula is C54H89N9O18. The van der Waals surface area contributed by atoms with Crippen molar-refractivity contribution < 1.29 is 89.1 Å². The Hall–Kier alpha value is -5.62. The van der Waals surface area contributed by atoms with Crippen LogP contribution in [-0.2, 0) is 43.1 Å². The normalized spacial score (nSPS) is 27.8. The van der Waals surface area contributed by atoms with Crippen molar-refractivity contribution >= 4 is 47.3 Å². The highest BCUT2D eigenvalue weighted by Crippen LogP contribution is 2.27. The Morgan fingerprint density at radius 1 is 0.753 bits per heavy atom. The minimum absolute atomic E-state index is 0.0246. The summed E-state index contributed by atoms with van der Waals surface area (Å²) in [6.07, 6.45) is -9.43. The summed E-state index contributed by atoms with van der Waals surface area (Å²) < 4.78 is 5.88. The Bertz CT molecular complexity index is 2210. The van der Waals surface area contributed by atoms with Crippen LogP contribution in [0.4, 0.5) is 0 Å². The van der Waals surface area contributed by atoms with Crippen molar-refractivity contribution in [1.29, 1.82) is 0 Å². The first kappa shape index (κ1) is 67.9. The molecule has 0 aliphatic carbocycles. The topological polar surface area (TPSA) is 433 Å². The molecule has 17 N–H and O–H groups in total. The summed E-state index contributed by atoms with van der Waals surface area (Å²) in [5, 5.41) is 114. The summed E-state index contributed by atoms with van der Waals surface area (Å²) in [6.45, 7) is 6.40. The van der Waals surface area contributed by atoms with E-state index < -0.39 is 165 Å². The number of phenols is 1. The van der Waals surface area contributed by atoms with Gasteiger partial charge in [0.15, 0.2) is 6.23 Å². The molecule has 1 aromatic carbocycles. The fourth-order valence-electron chi connectivity index (χ4n) is 10.4. The largest absolute Gasteiger partial charge is 0.508 e. The number of rotatable bonds is 26. The standard InChI is InChI=1S/C54H89N9O18/c1-5-29(2)24-30(3)12-10-8-6-7-9-11-13-41(72)57-35-26-39(70)52(81-23-20-56-19-22-64)61-51(78)45-37(68)18-21-62(45)54(80)43(38(69)27-40(55)71)59-50(77)44(47(74)46(73)32-14-16-33(66)17-15-32)60-49(76)36-25-34(67)28-63(36)53(79)42(31(4)65)58-48(35)75/h14-17,29-31,34-39,42-47,52,56,64-70,73-74H,5-13,18-28H2,1-4H3,(H2,55,71)(H,57,72)(H,58,75)(H,59,77)(H,60,76)(H,61,78). The average Bonchev–Trinajstić information content (AvgIpc) is 4.03. The Labute approximate surface area is 472 Å². The van der Waals surface area contributed by atoms with E-state index in [0.717, 1.165) is 67.4 Å². The molecule has 8 amide bonds. The second-order valence-electron chi connectivity index (χ2n) is 21.9. The van der Waals surface area contributed by atoms with Crippen LogP contribution in [0.3, 0.4) is 0 Å². The summed E-state index contributed by atoms with van der Waals surface area (Å²) in [4.78, 5) is 114. The van der Waals surface area contributed by atoms with Crippen LogP contribution < -0.4 is 37.6 Å². The van der Waals surface area contributed by atoms with Gasteiger partial charge in [-0.1, -0.05) is 77.8 Å². The van der Waals surface area contributed by atoms with Crippen molar-refractivity contribution in [2.24, 2.45) is 17.6 Å². The Morgan fingerprint density at radius 3 is 2.02 bits per heavy atom. The predicted octanol–water partition coefficient (Wildman–Crippen LogP) is -3.74. The number of nitrogens with two attached hydrogens (primary N) is 1. The zero-order valence-corrected chi connectivity index (χ0v) is 46.9. The van der Waals surface area contributed by atoms with E-state index in [9.17, 15) is 84.3 Å². The van der Waals surface area contributed by atoms with Gasteiger partial charge in [-0.2, -0.15) is 0 Å². The third-order valence-corrected chi connectivity index (χ3v) is 15.1. The Balaban J connectivity index is 1.77. The molecule has 16 atom stereocenters. The molecule has 3 aliphatic heterocycles. The Kier molecular flexibility index (Phi) is 28.1. The van der Waals surface area contributed by atoms with E-state index in [1.807, 2.05) is 0 Å². The third-order valence-electron chi connectivity index (χ3n) is 15.1. The van der Waals surface area contributed by atoms with E-state index in [4.69, 9.17) is 10.5 Å². The van der Waals surface area contributed by atoms with Gasteiger partial charge >= 0.3 is 0 Å². The summed E-state index contributed by atoms with van der Waals surface area (Å²) in [5.74, 6) is -8.37. The van der Waals surface area contributed by atoms with Gasteiger partial charge in [0.05, 0.1) is 44.1 Å². The highest BCUT2D eigenvalue weighted by Gasteiger charge is 2.49. The van der Waals surface area contributed by atoms with Crippen molar-refractivity contribution in [3.05, 3.63) is 29.8 Å². The van der Waals surface area contributed by atoms with Crippen LogP contribution in [0.5, 0.6) is 5.75 Å². The number of aliphatic hydroxyl groups excluding tert-OH is 8. The number of aromatic hydroxyl groups is 1. The van der Waals surface area contributed by atoms with Gasteiger partial charge < -0.3 is 98.1 Å². The van der Waals surface area contributed by atoms with Crippen molar-refractivity contribution in [1.82, 2.24) is 41.7 Å². The van der Waals surface area contributed by atoms with Gasteiger partial charge in [0, 0.05) is 45.4 Å².